The van der Waals surface area contributed by atoms with E-state index in [0.717, 1.165) is 34.4 Å². The number of aliphatic hydroxyl groups is 1. The molecule has 0 aliphatic heterocycles. The number of ether oxygens (including phenoxy) is 4. The van der Waals surface area contributed by atoms with Crippen LogP contribution in [0, 0.1) is 26.6 Å². The maximum absolute atomic E-state index is 15.4. The lowest BCUT2D eigenvalue weighted by Gasteiger charge is -2.35. The van der Waals surface area contributed by atoms with Gasteiger partial charge >= 0.3 is 11.8 Å². The molecule has 8 heterocycles. The number of halogens is 4. The maximum atomic E-state index is 15.4. The predicted octanol–water partition coefficient (Wildman–Crippen LogP) is 9.41. The number of anilines is 2. The SMILES string of the molecule is COc1cnc(C)c(F)c1-c1cc(C)ncc1C(=O)Nc1nnc(Oc2cc3oc2cc3C[C@]2(O)CC[C@@H](Oc3nnc(NC(=O)c4cnc(C)cc4-c4cc(Cl)ncc4OC(F)F)s3)CC2)s1. The minimum absolute atomic E-state index is 0.00284. The Morgan fingerprint density at radius 2 is 1.44 bits per heavy atom. The number of hydrogen-bond acceptors (Lipinski definition) is 18. The average molecular weight is 989 g/mol. The topological polar surface area (TPSA) is 232 Å². The van der Waals surface area contributed by atoms with Gasteiger partial charge in [-0.2, -0.15) is 8.78 Å². The Morgan fingerprint density at radius 1 is 0.809 bits per heavy atom. The molecule has 0 aromatic carbocycles. The molecular formula is C44H36ClF3N10O8S2. The fraction of sp³-hybridized carbons (Fsp3) is 0.273. The Bertz CT molecular complexity index is 3180. The summed E-state index contributed by atoms with van der Waals surface area (Å²) >= 11 is 8.05. The van der Waals surface area contributed by atoms with Gasteiger partial charge in [0, 0.05) is 58.5 Å². The number of benzene rings is 1. The van der Waals surface area contributed by atoms with Crippen LogP contribution < -0.4 is 29.6 Å². The van der Waals surface area contributed by atoms with Gasteiger partial charge < -0.3 is 28.5 Å². The minimum atomic E-state index is -3.14. The van der Waals surface area contributed by atoms with Crippen LogP contribution in [-0.2, 0) is 6.42 Å². The molecule has 3 N–H and O–H groups in total. The minimum Gasteiger partial charge on any atom is -0.494 e. The van der Waals surface area contributed by atoms with Gasteiger partial charge in [-0.1, -0.05) is 21.8 Å². The van der Waals surface area contributed by atoms with Crippen LogP contribution in [-0.4, -0.2) is 82.7 Å². The lowest BCUT2D eigenvalue weighted by molar-refractivity contribution is -0.0496. The van der Waals surface area contributed by atoms with Crippen molar-refractivity contribution in [2.75, 3.05) is 17.7 Å². The molecule has 350 valence electrons. The van der Waals surface area contributed by atoms with Crippen molar-refractivity contribution in [2.24, 2.45) is 0 Å². The molecule has 0 spiro atoms. The van der Waals surface area contributed by atoms with E-state index in [4.69, 9.17) is 30.2 Å². The molecule has 0 radical (unpaired) electrons. The summed E-state index contributed by atoms with van der Waals surface area (Å²) in [4.78, 5) is 43.3. The van der Waals surface area contributed by atoms with E-state index in [0.29, 0.717) is 60.4 Å². The Balaban J connectivity index is 0.786. The van der Waals surface area contributed by atoms with Gasteiger partial charge in [0.15, 0.2) is 22.9 Å². The number of nitrogens with one attached hydrogen (secondary N) is 2. The van der Waals surface area contributed by atoms with Gasteiger partial charge in [0.2, 0.25) is 10.3 Å². The van der Waals surface area contributed by atoms with Crippen LogP contribution in [0.1, 0.15) is 69.0 Å². The molecule has 18 nitrogen and oxygen atoms in total. The van der Waals surface area contributed by atoms with Gasteiger partial charge in [-0.05, 0) is 93.4 Å². The maximum Gasteiger partial charge on any atom is 0.387 e. The van der Waals surface area contributed by atoms with Crippen LogP contribution in [0.2, 0.25) is 5.15 Å². The molecule has 24 heteroatoms. The summed E-state index contributed by atoms with van der Waals surface area (Å²) in [7, 11) is 1.39. The Morgan fingerprint density at radius 3 is 2.09 bits per heavy atom. The van der Waals surface area contributed by atoms with Crippen molar-refractivity contribution in [1.29, 1.82) is 0 Å². The zero-order chi connectivity index (χ0) is 47.9. The largest absolute Gasteiger partial charge is 0.494 e. The number of fused-ring (bicyclic) bond motifs is 2. The highest BCUT2D eigenvalue weighted by Crippen LogP contribution is 2.42. The third-order valence-electron chi connectivity index (χ3n) is 11.0. The van der Waals surface area contributed by atoms with E-state index < -0.39 is 29.8 Å². The molecule has 1 aliphatic rings. The summed E-state index contributed by atoms with van der Waals surface area (Å²) in [5, 5.41) is 33.7. The average Bonchev–Trinajstić information content (AvgIpc) is 4.12. The normalized spacial score (nSPS) is 16.0. The molecule has 8 aromatic rings. The zero-order valence-electron chi connectivity index (χ0n) is 36.1. The van der Waals surface area contributed by atoms with Gasteiger partial charge in [0.1, 0.15) is 22.6 Å². The predicted molar refractivity (Wildman–Crippen MR) is 242 cm³/mol. The number of methoxy groups -OCH3 is 1. The van der Waals surface area contributed by atoms with Crippen molar-refractivity contribution in [2.45, 2.75) is 71.2 Å². The van der Waals surface area contributed by atoms with Crippen LogP contribution >= 0.6 is 34.3 Å². The Kier molecular flexibility index (Phi) is 12.8. The molecule has 68 heavy (non-hydrogen) atoms. The lowest BCUT2D eigenvalue weighted by atomic mass is 9.79. The van der Waals surface area contributed by atoms with Crippen LogP contribution in [0.15, 0.2) is 59.5 Å². The van der Waals surface area contributed by atoms with E-state index in [9.17, 15) is 23.5 Å². The smallest absolute Gasteiger partial charge is 0.387 e. The second-order valence-corrected chi connectivity index (χ2v) is 18.0. The number of pyridine rings is 4. The van der Waals surface area contributed by atoms with Crippen LogP contribution in [0.5, 0.6) is 27.6 Å². The molecule has 8 aromatic heterocycles. The van der Waals surface area contributed by atoms with Crippen molar-refractivity contribution in [3.05, 3.63) is 99.9 Å². The fourth-order valence-corrected chi connectivity index (χ4v) is 9.17. The van der Waals surface area contributed by atoms with E-state index in [-0.39, 0.29) is 82.5 Å². The Hall–Kier alpha value is -7.08. The van der Waals surface area contributed by atoms with E-state index in [1.54, 1.807) is 38.1 Å². The fourth-order valence-electron chi connectivity index (χ4n) is 7.75. The molecular weight excluding hydrogens is 953 g/mol. The highest BCUT2D eigenvalue weighted by atomic mass is 35.5. The van der Waals surface area contributed by atoms with Gasteiger partial charge in [-0.25, -0.2) is 9.37 Å². The quantitative estimate of drug-likeness (QED) is 0.0812. The number of amides is 2. The number of furan rings is 2. The molecule has 0 atom stereocenters. The van der Waals surface area contributed by atoms with Crippen molar-refractivity contribution in [3.8, 4) is 49.9 Å². The van der Waals surface area contributed by atoms with Crippen molar-refractivity contribution < 1.29 is 51.2 Å². The summed E-state index contributed by atoms with van der Waals surface area (Å²) < 4.78 is 69.8. The summed E-state index contributed by atoms with van der Waals surface area (Å²) in [5.74, 6) is -1.62. The monoisotopic (exact) mass is 988 g/mol. The summed E-state index contributed by atoms with van der Waals surface area (Å²) in [5.41, 5.74) is 2.71. The van der Waals surface area contributed by atoms with Crippen LogP contribution in [0.25, 0.3) is 33.4 Å². The first kappa shape index (κ1) is 46.0. The van der Waals surface area contributed by atoms with E-state index >= 15 is 4.39 Å². The Labute approximate surface area is 396 Å². The molecule has 2 bridgehead atoms. The standard InChI is InChI=1S/C44H36ClF3N10O8S2/c1-19-9-24(25-12-34(45)52-17-32(25)65-39(47)48)27(15-49-19)37(59)53-40-55-57-42(67-40)63-23-5-7-44(61,8-6-23)14-22-11-30-31(13-29(22)64-30)66-43-58-56-41(68-43)54-38(60)28-16-50-20(2)10-26(28)35-33(62-4)18-51-21(3)36(35)46/h9-13,15-18,23,39,61H,5-8,14H2,1-4H3,(H,53,55,59)(H,54,56,60)/t23-,44+. The second kappa shape index (κ2) is 18.9. The first-order valence-corrected chi connectivity index (χ1v) is 22.6. The number of aromatic nitrogens is 8. The number of nitrogens with zero attached hydrogens (tertiary/aromatic N) is 8. The molecule has 0 unspecified atom stereocenters. The number of carbonyl (C=O) groups is 2. The molecule has 9 rings (SSSR count). The molecule has 1 fully saturated rings. The second-order valence-electron chi connectivity index (χ2n) is 15.7. The molecule has 1 saturated carbocycles. The van der Waals surface area contributed by atoms with Crippen LogP contribution in [0.4, 0.5) is 23.4 Å². The van der Waals surface area contributed by atoms with Gasteiger partial charge in [0.05, 0.1) is 47.5 Å². The van der Waals surface area contributed by atoms with Gasteiger partial charge in [0.25, 0.3) is 17.0 Å². The van der Waals surface area contributed by atoms with Gasteiger partial charge in [-0.15, -0.1) is 10.2 Å². The number of aryl methyl sites for hydroxylation is 3. The first-order valence-electron chi connectivity index (χ1n) is 20.6. The lowest BCUT2D eigenvalue weighted by Crippen LogP contribution is -2.39. The first-order chi connectivity index (χ1) is 32.6. The van der Waals surface area contributed by atoms with Gasteiger partial charge in [-0.3, -0.25) is 35.2 Å². The zero-order valence-corrected chi connectivity index (χ0v) is 38.5. The molecule has 0 saturated heterocycles. The van der Waals surface area contributed by atoms with Crippen molar-refractivity contribution >= 4 is 67.5 Å². The van der Waals surface area contributed by atoms with E-state index in [2.05, 4.69) is 55.7 Å². The third-order valence-corrected chi connectivity index (χ3v) is 12.7. The molecule has 1 aliphatic carbocycles. The third kappa shape index (κ3) is 9.81. The van der Waals surface area contributed by atoms with E-state index in [1.165, 1.54) is 38.7 Å². The van der Waals surface area contributed by atoms with Crippen LogP contribution in [0.3, 0.4) is 0 Å². The number of hydrogen-bond donors (Lipinski definition) is 3. The number of rotatable bonds is 15. The highest BCUT2D eigenvalue weighted by Gasteiger charge is 2.36. The summed E-state index contributed by atoms with van der Waals surface area (Å²) in [6.45, 7) is 1.77. The summed E-state index contributed by atoms with van der Waals surface area (Å²) in [6.07, 6.45) is 6.96. The van der Waals surface area contributed by atoms with Crippen molar-refractivity contribution in [1.82, 2.24) is 40.3 Å². The van der Waals surface area contributed by atoms with Crippen molar-refractivity contribution in [3.63, 3.8) is 0 Å². The molecule has 2 amide bonds. The van der Waals surface area contributed by atoms with E-state index in [1.807, 2.05) is 0 Å². The highest BCUT2D eigenvalue weighted by molar-refractivity contribution is 7.17. The number of carbonyl (C=O) groups excluding carboxylic acids is 2. The summed E-state index contributed by atoms with van der Waals surface area (Å²) in [6, 6.07) is 7.94. The number of alkyl halides is 2.